The van der Waals surface area contributed by atoms with Crippen molar-refractivity contribution in [2.75, 3.05) is 40.3 Å². The van der Waals surface area contributed by atoms with E-state index >= 15 is 0 Å². The lowest BCUT2D eigenvalue weighted by Crippen LogP contribution is -2.40. The molecule has 2 atom stereocenters. The van der Waals surface area contributed by atoms with Gasteiger partial charge in [-0.25, -0.2) is 9.59 Å². The maximum atomic E-state index is 12.4. The molecule has 2 fully saturated rings. The zero-order chi connectivity index (χ0) is 40.7. The second kappa shape index (κ2) is 25.1. The fourth-order valence-corrected chi connectivity index (χ4v) is 5.18. The number of nitrogens with zero attached hydrogens (tertiary/aromatic N) is 2. The van der Waals surface area contributed by atoms with Crippen LogP contribution in [0.25, 0.3) is 0 Å². The van der Waals surface area contributed by atoms with E-state index in [1.807, 2.05) is 85.4 Å². The fraction of sp³-hybridized carbons (Fsp3) is 0.525. The zero-order valence-electron chi connectivity index (χ0n) is 33.4. The first-order valence-corrected chi connectivity index (χ1v) is 18.3. The number of amides is 4. The number of fused-ring (bicyclic) bond motifs is 1. The highest BCUT2D eigenvalue weighted by Crippen LogP contribution is 2.26. The molecule has 2 unspecified atom stereocenters. The summed E-state index contributed by atoms with van der Waals surface area (Å²) in [5.41, 5.74) is 7.08. The van der Waals surface area contributed by atoms with E-state index < -0.39 is 41.7 Å². The van der Waals surface area contributed by atoms with Crippen LogP contribution in [0.1, 0.15) is 108 Å². The van der Waals surface area contributed by atoms with Gasteiger partial charge in [0, 0.05) is 43.7 Å². The molecule has 1 aliphatic carbocycles. The van der Waals surface area contributed by atoms with Crippen LogP contribution in [0.2, 0.25) is 0 Å². The Labute approximate surface area is 316 Å². The van der Waals surface area contributed by atoms with Crippen LogP contribution in [-0.4, -0.2) is 96.7 Å². The van der Waals surface area contributed by atoms with Crippen LogP contribution >= 0.6 is 0 Å². The van der Waals surface area contributed by atoms with Gasteiger partial charge in [-0.05, 0) is 76.1 Å². The highest BCUT2D eigenvalue weighted by molar-refractivity contribution is 6.06. The second-order valence-electron chi connectivity index (χ2n) is 11.8. The van der Waals surface area contributed by atoms with E-state index in [4.69, 9.17) is 9.47 Å². The summed E-state index contributed by atoms with van der Waals surface area (Å²) >= 11 is 0. The first-order valence-electron chi connectivity index (χ1n) is 18.3. The van der Waals surface area contributed by atoms with Crippen molar-refractivity contribution in [3.63, 3.8) is 0 Å². The maximum absolute atomic E-state index is 12.4. The van der Waals surface area contributed by atoms with Crippen LogP contribution in [-0.2, 0) is 20.7 Å². The molecule has 5 rings (SSSR count). The average Bonchev–Trinajstić information content (AvgIpc) is 3.58. The van der Waals surface area contributed by atoms with E-state index in [1.54, 1.807) is 36.3 Å². The SMILES string of the molecule is CC.CC.CC.CC(C)(C)OC(=O)N1CCCN(C(C(=O)O)c2ccc(C#CC3NC(=O)NC3=O)cc2)CC1.CN.COc1ccc2c(c1)C(=O)CC2. The number of Topliss-reactive ketones (excluding diaryl/α,β-unsaturated/α-hetero) is 1. The second-order valence-corrected chi connectivity index (χ2v) is 11.8. The van der Waals surface area contributed by atoms with Crippen LogP contribution in [0.4, 0.5) is 9.59 Å². The molecule has 3 aliphatic rings. The molecule has 0 spiro atoms. The lowest BCUT2D eigenvalue weighted by atomic mass is 10.0. The molecule has 0 radical (unpaired) electrons. The topological polar surface area (TPSA) is 181 Å². The van der Waals surface area contributed by atoms with Crippen molar-refractivity contribution >= 4 is 29.8 Å². The molecule has 13 heteroatoms. The number of carboxylic acid groups (broad SMARTS) is 1. The smallest absolute Gasteiger partial charge is 0.410 e. The number of nitrogens with two attached hydrogens (primary N) is 1. The Morgan fingerprint density at radius 3 is 2.06 bits per heavy atom. The maximum Gasteiger partial charge on any atom is 0.410 e. The largest absolute Gasteiger partial charge is 0.497 e. The number of methoxy groups -OCH3 is 1. The zero-order valence-corrected chi connectivity index (χ0v) is 33.4. The van der Waals surface area contributed by atoms with Crippen molar-refractivity contribution in [3.05, 3.63) is 64.7 Å². The number of rotatable bonds is 4. The summed E-state index contributed by atoms with van der Waals surface area (Å²) in [4.78, 5) is 61.9. The van der Waals surface area contributed by atoms with Gasteiger partial charge >= 0.3 is 18.1 Å². The van der Waals surface area contributed by atoms with E-state index in [0.29, 0.717) is 50.1 Å². The third kappa shape index (κ3) is 15.7. The number of hydrogen-bond donors (Lipinski definition) is 4. The lowest BCUT2D eigenvalue weighted by Gasteiger charge is -2.28. The van der Waals surface area contributed by atoms with Gasteiger partial charge in [0.05, 0.1) is 7.11 Å². The summed E-state index contributed by atoms with van der Waals surface area (Å²) in [7, 11) is 3.11. The van der Waals surface area contributed by atoms with Crippen LogP contribution in [0.3, 0.4) is 0 Å². The number of benzene rings is 2. The number of carbonyl (C=O) groups is 5. The summed E-state index contributed by atoms with van der Waals surface area (Å²) in [6.45, 7) is 19.2. The first-order chi connectivity index (χ1) is 25.3. The Bertz CT molecular complexity index is 1530. The summed E-state index contributed by atoms with van der Waals surface area (Å²) < 4.78 is 10.5. The predicted molar refractivity (Wildman–Crippen MR) is 208 cm³/mol. The molecule has 0 aromatic heterocycles. The normalized spacial score (nSPS) is 16.3. The number of hydrogen-bond acceptors (Lipinski definition) is 9. The van der Waals surface area contributed by atoms with E-state index in [2.05, 4.69) is 28.2 Å². The van der Waals surface area contributed by atoms with Gasteiger partial charge in [0.25, 0.3) is 5.91 Å². The molecule has 53 heavy (non-hydrogen) atoms. The minimum atomic E-state index is -0.982. The molecule has 2 aromatic carbocycles. The molecular weight excluding hydrogens is 678 g/mol. The Morgan fingerprint density at radius 2 is 1.53 bits per heavy atom. The monoisotopic (exact) mass is 739 g/mol. The fourth-order valence-electron chi connectivity index (χ4n) is 5.18. The molecule has 5 N–H and O–H groups in total. The van der Waals surface area contributed by atoms with Gasteiger partial charge in [0.15, 0.2) is 11.8 Å². The molecule has 294 valence electrons. The average molecular weight is 740 g/mol. The van der Waals surface area contributed by atoms with Gasteiger partial charge in [-0.1, -0.05) is 71.6 Å². The minimum absolute atomic E-state index is 0.240. The first kappa shape index (κ1) is 48.1. The minimum Gasteiger partial charge on any atom is -0.497 e. The summed E-state index contributed by atoms with van der Waals surface area (Å²) in [5, 5.41) is 14.4. The van der Waals surface area contributed by atoms with Crippen LogP contribution in [0.15, 0.2) is 42.5 Å². The highest BCUT2D eigenvalue weighted by Gasteiger charge is 2.31. The van der Waals surface area contributed by atoms with E-state index in [1.165, 1.54) is 7.05 Å². The molecule has 0 saturated carbocycles. The Balaban J connectivity index is 0.00000112. The summed E-state index contributed by atoms with van der Waals surface area (Å²) in [5.74, 6) is 5.02. The lowest BCUT2D eigenvalue weighted by molar-refractivity contribution is -0.143. The number of carbonyl (C=O) groups excluding carboxylic acids is 4. The Morgan fingerprint density at radius 1 is 0.906 bits per heavy atom. The number of ether oxygens (including phenoxy) is 2. The van der Waals surface area contributed by atoms with E-state index in [0.717, 1.165) is 23.3 Å². The number of ketones is 1. The van der Waals surface area contributed by atoms with Gasteiger partial charge in [-0.3, -0.25) is 24.6 Å². The number of urea groups is 1. The van der Waals surface area contributed by atoms with Crippen LogP contribution in [0.5, 0.6) is 5.75 Å². The predicted octanol–water partition coefficient (Wildman–Crippen LogP) is 5.79. The van der Waals surface area contributed by atoms with Crippen molar-refractivity contribution in [2.45, 2.75) is 99.3 Å². The van der Waals surface area contributed by atoms with Gasteiger partial charge in [-0.15, -0.1) is 0 Å². The van der Waals surface area contributed by atoms with Crippen molar-refractivity contribution in [1.29, 1.82) is 0 Å². The molecule has 2 heterocycles. The van der Waals surface area contributed by atoms with Gasteiger partial charge < -0.3 is 30.5 Å². The molecule has 2 aromatic rings. The number of imide groups is 1. The van der Waals surface area contributed by atoms with E-state index in [-0.39, 0.29) is 5.78 Å². The Kier molecular flexibility index (Phi) is 22.8. The number of carboxylic acids is 1. The molecular formula is C40H61N5O8. The molecule has 4 amide bonds. The summed E-state index contributed by atoms with van der Waals surface area (Å²) in [6, 6.07) is 10.1. The molecule has 13 nitrogen and oxygen atoms in total. The van der Waals surface area contributed by atoms with Gasteiger partial charge in [0.1, 0.15) is 17.4 Å². The van der Waals surface area contributed by atoms with Crippen molar-refractivity contribution in [1.82, 2.24) is 20.4 Å². The molecule has 2 saturated heterocycles. The van der Waals surface area contributed by atoms with Crippen molar-refractivity contribution in [2.24, 2.45) is 5.73 Å². The van der Waals surface area contributed by atoms with Crippen LogP contribution < -0.4 is 21.1 Å². The van der Waals surface area contributed by atoms with Crippen molar-refractivity contribution < 1.29 is 38.6 Å². The highest BCUT2D eigenvalue weighted by atomic mass is 16.6. The Hall–Kier alpha value is -4.93. The van der Waals surface area contributed by atoms with Crippen molar-refractivity contribution in [3.8, 4) is 17.6 Å². The number of nitrogens with one attached hydrogen (secondary N) is 2. The third-order valence-corrected chi connectivity index (χ3v) is 7.38. The third-order valence-electron chi connectivity index (χ3n) is 7.38. The molecule has 0 bridgehead atoms. The quantitative estimate of drug-likeness (QED) is 0.221. The standard InChI is InChI=1S/C23H28N4O6.C10H10O2.3C2H6.CH5N/c1-23(2,3)33-22(32)27-12-4-11-26(13-14-27)18(20(29)30)16-8-5-15(6-9-16)7-10-17-19(28)25-21(31)24-17;1-12-8-4-2-7-3-5-10(11)9(7)6-8;4*1-2/h5-6,8-9,17-18H,4,11-14H2,1-3H3,(H,29,30)(H2,24,25,28,31);2,4,6H,3,5H2,1H3;3*1-2H3;2H2,1H3. The molecule has 2 aliphatic heterocycles. The van der Waals surface area contributed by atoms with Gasteiger partial charge in [0.2, 0.25) is 0 Å². The van der Waals surface area contributed by atoms with Gasteiger partial charge in [-0.2, -0.15) is 0 Å². The van der Waals surface area contributed by atoms with Crippen LogP contribution in [0, 0.1) is 11.8 Å². The number of aryl methyl sites for hydroxylation is 1. The summed E-state index contributed by atoms with van der Waals surface area (Å²) in [6.07, 6.45) is 1.77. The number of aliphatic carboxylic acids is 1. The van der Waals surface area contributed by atoms with E-state index in [9.17, 15) is 29.1 Å².